The van der Waals surface area contributed by atoms with Crippen LogP contribution in [-0.4, -0.2) is 26.1 Å². The van der Waals surface area contributed by atoms with Gasteiger partial charge in [0.05, 0.1) is 16.7 Å². The zero-order valence-corrected chi connectivity index (χ0v) is 10.4. The predicted octanol–water partition coefficient (Wildman–Crippen LogP) is -0.165. The van der Waals surface area contributed by atoms with Gasteiger partial charge in [0.15, 0.2) is 9.84 Å². The largest absolute Gasteiger partial charge is 0.368 e. The van der Waals surface area contributed by atoms with Gasteiger partial charge in [-0.1, -0.05) is 19.1 Å². The van der Waals surface area contributed by atoms with E-state index >= 15 is 0 Å². The topological polar surface area (TPSA) is 103 Å². The van der Waals surface area contributed by atoms with E-state index in [-0.39, 0.29) is 10.6 Å². The van der Waals surface area contributed by atoms with E-state index in [0.717, 1.165) is 5.56 Å². The number of rotatable bonds is 5. The van der Waals surface area contributed by atoms with Gasteiger partial charge >= 0.3 is 0 Å². The lowest BCUT2D eigenvalue weighted by atomic mass is 10.1. The van der Waals surface area contributed by atoms with Crippen LogP contribution in [0.2, 0.25) is 0 Å². The second-order valence-electron chi connectivity index (χ2n) is 3.76. The van der Waals surface area contributed by atoms with E-state index in [9.17, 15) is 13.2 Å². The summed E-state index contributed by atoms with van der Waals surface area (Å²) in [6.45, 7) is 1.59. The minimum absolute atomic E-state index is 0.0626. The average molecular weight is 256 g/mol. The molecule has 6 heteroatoms. The molecule has 1 aromatic carbocycles. The van der Waals surface area contributed by atoms with Crippen LogP contribution in [0.5, 0.6) is 0 Å². The summed E-state index contributed by atoms with van der Waals surface area (Å²) in [5.74, 6) is -0.511. The van der Waals surface area contributed by atoms with E-state index in [1.165, 1.54) is 12.1 Å². The van der Waals surface area contributed by atoms with Gasteiger partial charge in [-0.15, -0.1) is 0 Å². The van der Waals surface area contributed by atoms with Crippen molar-refractivity contribution in [1.82, 2.24) is 0 Å². The normalized spacial score (nSPS) is 13.3. The second-order valence-corrected chi connectivity index (χ2v) is 6.04. The van der Waals surface area contributed by atoms with Gasteiger partial charge in [-0.3, -0.25) is 4.79 Å². The summed E-state index contributed by atoms with van der Waals surface area (Å²) < 4.78 is 23.1. The van der Waals surface area contributed by atoms with Crippen LogP contribution in [0, 0.1) is 0 Å². The number of primary amides is 1. The van der Waals surface area contributed by atoms with Crippen molar-refractivity contribution in [2.45, 2.75) is 24.3 Å². The molecule has 5 nitrogen and oxygen atoms in total. The van der Waals surface area contributed by atoms with Crippen LogP contribution < -0.4 is 11.5 Å². The molecule has 0 aliphatic heterocycles. The van der Waals surface area contributed by atoms with E-state index in [0.29, 0.717) is 6.42 Å². The molecule has 0 spiro atoms. The quantitative estimate of drug-likeness (QED) is 0.763. The molecule has 4 N–H and O–H groups in total. The highest BCUT2D eigenvalue weighted by Gasteiger charge is 2.13. The van der Waals surface area contributed by atoms with E-state index in [4.69, 9.17) is 11.5 Å². The lowest BCUT2D eigenvalue weighted by Crippen LogP contribution is -2.38. The molecule has 0 radical (unpaired) electrons. The molecule has 1 unspecified atom stereocenters. The Morgan fingerprint density at radius 1 is 1.29 bits per heavy atom. The number of hydrogen-bond acceptors (Lipinski definition) is 4. The van der Waals surface area contributed by atoms with E-state index in [2.05, 4.69) is 0 Å². The van der Waals surface area contributed by atoms with Gasteiger partial charge in [-0.25, -0.2) is 8.42 Å². The van der Waals surface area contributed by atoms with Crippen LogP contribution in [0.3, 0.4) is 0 Å². The van der Waals surface area contributed by atoms with Gasteiger partial charge in [-0.05, 0) is 24.1 Å². The Labute approximate surface area is 101 Å². The Morgan fingerprint density at radius 3 is 2.24 bits per heavy atom. The Balaban J connectivity index is 2.86. The van der Waals surface area contributed by atoms with E-state index in [1.54, 1.807) is 19.1 Å². The molecule has 0 aliphatic rings. The SMILES string of the molecule is CCS(=O)(=O)c1ccc(CC(N)C(N)=O)cc1. The summed E-state index contributed by atoms with van der Waals surface area (Å²) in [4.78, 5) is 11.1. The first-order valence-corrected chi connectivity index (χ1v) is 6.88. The van der Waals surface area contributed by atoms with Crippen molar-refractivity contribution in [1.29, 1.82) is 0 Å². The van der Waals surface area contributed by atoms with Gasteiger partial charge in [0.1, 0.15) is 0 Å². The van der Waals surface area contributed by atoms with Crippen LogP contribution in [0.15, 0.2) is 29.2 Å². The molecular formula is C11H16N2O3S. The fraction of sp³-hybridized carbons (Fsp3) is 0.364. The number of nitrogens with two attached hydrogens (primary N) is 2. The van der Waals surface area contributed by atoms with Crippen molar-refractivity contribution in [2.75, 3.05) is 5.75 Å². The molecule has 0 saturated carbocycles. The lowest BCUT2D eigenvalue weighted by molar-refractivity contribution is -0.119. The molecule has 0 fully saturated rings. The lowest BCUT2D eigenvalue weighted by Gasteiger charge is -2.08. The molecule has 1 rings (SSSR count). The summed E-state index contributed by atoms with van der Waals surface area (Å²) >= 11 is 0. The average Bonchev–Trinajstić information content (AvgIpc) is 2.29. The van der Waals surface area contributed by atoms with Crippen molar-refractivity contribution < 1.29 is 13.2 Å². The standard InChI is InChI=1S/C11H16N2O3S/c1-2-17(15,16)9-5-3-8(4-6-9)7-10(12)11(13)14/h3-6,10H,2,7,12H2,1H3,(H2,13,14). The third kappa shape index (κ3) is 3.54. The summed E-state index contributed by atoms with van der Waals surface area (Å²) in [7, 11) is -3.18. The maximum Gasteiger partial charge on any atom is 0.234 e. The van der Waals surface area contributed by atoms with Crippen LogP contribution in [0.25, 0.3) is 0 Å². The summed E-state index contributed by atoms with van der Waals surface area (Å²) in [6, 6.07) is 5.57. The second kappa shape index (κ2) is 5.29. The Morgan fingerprint density at radius 2 is 1.82 bits per heavy atom. The van der Waals surface area contributed by atoms with Gasteiger partial charge < -0.3 is 11.5 Å². The molecule has 1 amide bonds. The van der Waals surface area contributed by atoms with Crippen molar-refractivity contribution in [3.05, 3.63) is 29.8 Å². The zero-order valence-electron chi connectivity index (χ0n) is 9.59. The van der Waals surface area contributed by atoms with Crippen molar-refractivity contribution in [2.24, 2.45) is 11.5 Å². The first kappa shape index (κ1) is 13.7. The highest BCUT2D eigenvalue weighted by atomic mass is 32.2. The van der Waals surface area contributed by atoms with Crippen molar-refractivity contribution in [3.8, 4) is 0 Å². The molecule has 94 valence electrons. The third-order valence-corrected chi connectivity index (χ3v) is 4.23. The van der Waals surface area contributed by atoms with Crippen LogP contribution >= 0.6 is 0 Å². The number of amides is 1. The molecule has 0 saturated heterocycles. The monoisotopic (exact) mass is 256 g/mol. The summed E-state index contributed by atoms with van der Waals surface area (Å²) in [6.07, 6.45) is 0.307. The van der Waals surface area contributed by atoms with Gasteiger partial charge in [0, 0.05) is 0 Å². The van der Waals surface area contributed by atoms with Crippen molar-refractivity contribution in [3.63, 3.8) is 0 Å². The summed E-state index contributed by atoms with van der Waals surface area (Å²) in [5, 5.41) is 0. The molecular weight excluding hydrogens is 240 g/mol. The maximum absolute atomic E-state index is 11.5. The molecule has 0 aliphatic carbocycles. The number of hydrogen-bond donors (Lipinski definition) is 2. The predicted molar refractivity (Wildman–Crippen MR) is 65.0 cm³/mol. The van der Waals surface area contributed by atoms with E-state index < -0.39 is 21.8 Å². The minimum Gasteiger partial charge on any atom is -0.368 e. The molecule has 1 aromatic rings. The molecule has 0 heterocycles. The smallest absolute Gasteiger partial charge is 0.234 e. The zero-order chi connectivity index (χ0) is 13.1. The number of benzene rings is 1. The molecule has 1 atom stereocenters. The fourth-order valence-corrected chi connectivity index (χ4v) is 2.24. The maximum atomic E-state index is 11.5. The van der Waals surface area contributed by atoms with Gasteiger partial charge in [0.2, 0.25) is 5.91 Å². The molecule has 0 bridgehead atoms. The third-order valence-electron chi connectivity index (χ3n) is 2.48. The summed E-state index contributed by atoms with van der Waals surface area (Å²) in [5.41, 5.74) is 11.3. The molecule has 17 heavy (non-hydrogen) atoms. The van der Waals surface area contributed by atoms with Crippen molar-refractivity contribution >= 4 is 15.7 Å². The highest BCUT2D eigenvalue weighted by Crippen LogP contribution is 2.13. The van der Waals surface area contributed by atoms with Gasteiger partial charge in [-0.2, -0.15) is 0 Å². The Kier molecular flexibility index (Phi) is 4.25. The van der Waals surface area contributed by atoms with Crippen LogP contribution in [0.4, 0.5) is 0 Å². The number of carbonyl (C=O) groups excluding carboxylic acids is 1. The van der Waals surface area contributed by atoms with Crippen LogP contribution in [0.1, 0.15) is 12.5 Å². The Hall–Kier alpha value is -1.40. The number of sulfone groups is 1. The fourth-order valence-electron chi connectivity index (χ4n) is 1.35. The van der Waals surface area contributed by atoms with Gasteiger partial charge in [0.25, 0.3) is 0 Å². The Bertz CT molecular complexity index is 494. The van der Waals surface area contributed by atoms with E-state index in [1.807, 2.05) is 0 Å². The van der Waals surface area contributed by atoms with Crippen LogP contribution in [-0.2, 0) is 21.1 Å². The highest BCUT2D eigenvalue weighted by molar-refractivity contribution is 7.91. The molecule has 0 aromatic heterocycles. The first-order valence-electron chi connectivity index (χ1n) is 5.23. The minimum atomic E-state index is -3.18. The first-order chi connectivity index (χ1) is 7.86. The number of carbonyl (C=O) groups is 1.